The minimum atomic E-state index is -1.04. The van der Waals surface area contributed by atoms with E-state index in [0.29, 0.717) is 12.8 Å². The SMILES string of the molecule is C=CC(=C)CCC(O)C(=O)OCC. The molecule has 0 fully saturated rings. The van der Waals surface area contributed by atoms with Crippen LogP contribution in [0.4, 0.5) is 0 Å². The molecular formula is C10H16O3. The van der Waals surface area contributed by atoms with Crippen LogP contribution in [0.1, 0.15) is 19.8 Å². The van der Waals surface area contributed by atoms with Crippen LogP contribution in [-0.4, -0.2) is 23.8 Å². The van der Waals surface area contributed by atoms with Gasteiger partial charge in [0, 0.05) is 0 Å². The molecule has 0 saturated heterocycles. The molecule has 1 unspecified atom stereocenters. The lowest BCUT2D eigenvalue weighted by atomic mass is 10.1. The number of carbonyl (C=O) groups is 1. The lowest BCUT2D eigenvalue weighted by Gasteiger charge is -2.08. The zero-order chi connectivity index (χ0) is 10.3. The number of carbonyl (C=O) groups excluding carboxylic acids is 1. The summed E-state index contributed by atoms with van der Waals surface area (Å²) >= 11 is 0. The van der Waals surface area contributed by atoms with Crippen LogP contribution in [0, 0.1) is 0 Å². The monoisotopic (exact) mass is 184 g/mol. The normalized spacial score (nSPS) is 11.8. The molecule has 0 heterocycles. The highest BCUT2D eigenvalue weighted by Gasteiger charge is 2.15. The van der Waals surface area contributed by atoms with E-state index in [1.54, 1.807) is 13.0 Å². The molecule has 0 amide bonds. The molecule has 1 N–H and O–H groups in total. The molecule has 0 spiro atoms. The highest BCUT2D eigenvalue weighted by Crippen LogP contribution is 2.07. The van der Waals surface area contributed by atoms with Crippen molar-refractivity contribution in [1.82, 2.24) is 0 Å². The van der Waals surface area contributed by atoms with Gasteiger partial charge in [0.2, 0.25) is 0 Å². The molecule has 0 radical (unpaired) electrons. The number of esters is 1. The number of aliphatic hydroxyl groups is 1. The first-order valence-electron chi connectivity index (χ1n) is 4.26. The number of hydrogen-bond acceptors (Lipinski definition) is 3. The maximum absolute atomic E-state index is 10.9. The molecule has 74 valence electrons. The average molecular weight is 184 g/mol. The van der Waals surface area contributed by atoms with E-state index in [2.05, 4.69) is 17.9 Å². The second-order valence-electron chi connectivity index (χ2n) is 2.67. The van der Waals surface area contributed by atoms with Crippen molar-refractivity contribution in [3.05, 3.63) is 24.8 Å². The smallest absolute Gasteiger partial charge is 0.334 e. The molecule has 1 atom stereocenters. The molecule has 3 heteroatoms. The molecule has 0 aromatic rings. The van der Waals surface area contributed by atoms with Crippen LogP contribution in [0.15, 0.2) is 24.8 Å². The van der Waals surface area contributed by atoms with E-state index in [-0.39, 0.29) is 6.61 Å². The van der Waals surface area contributed by atoms with Gasteiger partial charge in [-0.2, -0.15) is 0 Å². The predicted molar refractivity (Wildman–Crippen MR) is 51.2 cm³/mol. The zero-order valence-corrected chi connectivity index (χ0v) is 7.95. The molecule has 0 aliphatic carbocycles. The van der Waals surface area contributed by atoms with E-state index in [1.807, 2.05) is 0 Å². The Labute approximate surface area is 78.7 Å². The van der Waals surface area contributed by atoms with Gasteiger partial charge in [-0.05, 0) is 19.8 Å². The van der Waals surface area contributed by atoms with E-state index in [4.69, 9.17) is 0 Å². The van der Waals surface area contributed by atoms with Crippen molar-refractivity contribution >= 4 is 5.97 Å². The summed E-state index contributed by atoms with van der Waals surface area (Å²) in [6, 6.07) is 0. The van der Waals surface area contributed by atoms with E-state index in [0.717, 1.165) is 5.57 Å². The van der Waals surface area contributed by atoms with Crippen LogP contribution >= 0.6 is 0 Å². The fourth-order valence-electron chi connectivity index (χ4n) is 0.780. The van der Waals surface area contributed by atoms with E-state index < -0.39 is 12.1 Å². The summed E-state index contributed by atoms with van der Waals surface area (Å²) in [6.07, 6.45) is 1.46. The van der Waals surface area contributed by atoms with Crippen molar-refractivity contribution in [3.8, 4) is 0 Å². The van der Waals surface area contributed by atoms with Gasteiger partial charge < -0.3 is 9.84 Å². The lowest BCUT2D eigenvalue weighted by Crippen LogP contribution is -2.22. The van der Waals surface area contributed by atoms with Crippen LogP contribution in [0.3, 0.4) is 0 Å². The van der Waals surface area contributed by atoms with Gasteiger partial charge in [0.25, 0.3) is 0 Å². The highest BCUT2D eigenvalue weighted by atomic mass is 16.5. The predicted octanol–water partition coefficient (Wildman–Crippen LogP) is 1.43. The second kappa shape index (κ2) is 6.43. The maximum Gasteiger partial charge on any atom is 0.334 e. The van der Waals surface area contributed by atoms with Crippen LogP contribution < -0.4 is 0 Å². The van der Waals surface area contributed by atoms with Crippen molar-refractivity contribution in [2.24, 2.45) is 0 Å². The minimum absolute atomic E-state index is 0.290. The van der Waals surface area contributed by atoms with Crippen LogP contribution in [-0.2, 0) is 9.53 Å². The van der Waals surface area contributed by atoms with Gasteiger partial charge in [-0.3, -0.25) is 0 Å². The lowest BCUT2D eigenvalue weighted by molar-refractivity contribution is -0.153. The van der Waals surface area contributed by atoms with Gasteiger partial charge in [0.1, 0.15) is 0 Å². The second-order valence-corrected chi connectivity index (χ2v) is 2.67. The van der Waals surface area contributed by atoms with Crippen LogP contribution in [0.2, 0.25) is 0 Å². The number of hydrogen-bond donors (Lipinski definition) is 1. The third kappa shape index (κ3) is 5.20. The first-order valence-corrected chi connectivity index (χ1v) is 4.26. The van der Waals surface area contributed by atoms with Crippen molar-refractivity contribution in [1.29, 1.82) is 0 Å². The molecule has 0 aromatic heterocycles. The van der Waals surface area contributed by atoms with Crippen molar-refractivity contribution in [2.75, 3.05) is 6.61 Å². The molecule has 0 aliphatic rings. The minimum Gasteiger partial charge on any atom is -0.464 e. The van der Waals surface area contributed by atoms with Crippen molar-refractivity contribution in [2.45, 2.75) is 25.9 Å². The van der Waals surface area contributed by atoms with Gasteiger partial charge in [0.15, 0.2) is 6.10 Å². The largest absolute Gasteiger partial charge is 0.464 e. The average Bonchev–Trinajstić information content (AvgIpc) is 2.13. The van der Waals surface area contributed by atoms with Gasteiger partial charge >= 0.3 is 5.97 Å². The van der Waals surface area contributed by atoms with E-state index >= 15 is 0 Å². The van der Waals surface area contributed by atoms with E-state index in [1.165, 1.54) is 0 Å². The van der Waals surface area contributed by atoms with Crippen LogP contribution in [0.5, 0.6) is 0 Å². The molecule has 0 saturated carbocycles. The summed E-state index contributed by atoms with van der Waals surface area (Å²) in [7, 11) is 0. The molecule has 13 heavy (non-hydrogen) atoms. The van der Waals surface area contributed by atoms with Crippen molar-refractivity contribution < 1.29 is 14.6 Å². The molecule has 3 nitrogen and oxygen atoms in total. The summed E-state index contributed by atoms with van der Waals surface area (Å²) in [6.45, 7) is 9.18. The molecular weight excluding hydrogens is 168 g/mol. The summed E-state index contributed by atoms with van der Waals surface area (Å²) in [5.74, 6) is -0.570. The summed E-state index contributed by atoms with van der Waals surface area (Å²) in [4.78, 5) is 10.9. The number of aliphatic hydroxyl groups excluding tert-OH is 1. The fourth-order valence-corrected chi connectivity index (χ4v) is 0.780. The highest BCUT2D eigenvalue weighted by molar-refractivity contribution is 5.74. The first kappa shape index (κ1) is 11.9. The first-order chi connectivity index (χ1) is 6.11. The summed E-state index contributed by atoms with van der Waals surface area (Å²) < 4.78 is 4.63. The quantitative estimate of drug-likeness (QED) is 0.502. The summed E-state index contributed by atoms with van der Waals surface area (Å²) in [5.41, 5.74) is 0.809. The Bertz CT molecular complexity index is 196. The molecule has 0 bridgehead atoms. The molecule has 0 rings (SSSR count). The third-order valence-corrected chi connectivity index (χ3v) is 1.59. The number of rotatable bonds is 6. The zero-order valence-electron chi connectivity index (χ0n) is 7.95. The number of allylic oxidation sites excluding steroid dienone is 2. The maximum atomic E-state index is 10.9. The standard InChI is InChI=1S/C10H16O3/c1-4-8(3)6-7-9(11)10(12)13-5-2/h4,9,11H,1,3,5-7H2,2H3. The molecule has 0 aliphatic heterocycles. The van der Waals surface area contributed by atoms with E-state index in [9.17, 15) is 9.90 Å². The molecule has 0 aromatic carbocycles. The van der Waals surface area contributed by atoms with Gasteiger partial charge in [0.05, 0.1) is 6.61 Å². The Kier molecular flexibility index (Phi) is 5.89. The van der Waals surface area contributed by atoms with Gasteiger partial charge in [-0.15, -0.1) is 0 Å². The Morgan fingerprint density at radius 1 is 1.69 bits per heavy atom. The Hall–Kier alpha value is -1.09. The van der Waals surface area contributed by atoms with Crippen molar-refractivity contribution in [3.63, 3.8) is 0 Å². The Morgan fingerprint density at radius 2 is 2.31 bits per heavy atom. The topological polar surface area (TPSA) is 46.5 Å². The van der Waals surface area contributed by atoms with Gasteiger partial charge in [-0.1, -0.05) is 24.8 Å². The fraction of sp³-hybridized carbons (Fsp3) is 0.500. The van der Waals surface area contributed by atoms with Gasteiger partial charge in [-0.25, -0.2) is 4.79 Å². The Morgan fingerprint density at radius 3 is 2.77 bits per heavy atom. The summed E-state index contributed by atoms with van der Waals surface area (Å²) in [5, 5.41) is 9.24. The number of ether oxygens (including phenoxy) is 1. The third-order valence-electron chi connectivity index (χ3n) is 1.59. The van der Waals surface area contributed by atoms with Crippen LogP contribution in [0.25, 0.3) is 0 Å². The Balaban J connectivity index is 3.73.